The van der Waals surface area contributed by atoms with Crippen LogP contribution in [0.2, 0.25) is 0 Å². The first kappa shape index (κ1) is 28.0. The second kappa shape index (κ2) is 12.7. The van der Waals surface area contributed by atoms with Gasteiger partial charge in [-0.15, -0.1) is 0 Å². The van der Waals surface area contributed by atoms with E-state index in [4.69, 9.17) is 4.84 Å². The minimum Gasteiger partial charge on any atom is -0.426 e. The molecule has 2 unspecified atom stereocenters. The van der Waals surface area contributed by atoms with Gasteiger partial charge in [-0.3, -0.25) is 14.6 Å². The van der Waals surface area contributed by atoms with Gasteiger partial charge in [-0.05, 0) is 42.2 Å². The molecule has 202 valence electrons. The lowest BCUT2D eigenvalue weighted by Gasteiger charge is -2.29. The molecule has 0 saturated carbocycles. The van der Waals surface area contributed by atoms with E-state index in [2.05, 4.69) is 20.8 Å². The van der Waals surface area contributed by atoms with Crippen LogP contribution in [0.3, 0.4) is 0 Å². The summed E-state index contributed by atoms with van der Waals surface area (Å²) >= 11 is 0. The molecular weight excluding hydrogens is 495 g/mol. The number of hydrogen-bond acceptors (Lipinski definition) is 7. The van der Waals surface area contributed by atoms with E-state index in [9.17, 15) is 19.6 Å². The Bertz CT molecular complexity index is 1300. The fourth-order valence-electron chi connectivity index (χ4n) is 4.56. The molecule has 2 atom stereocenters. The van der Waals surface area contributed by atoms with Crippen LogP contribution in [0.4, 0.5) is 0 Å². The first-order valence-corrected chi connectivity index (χ1v) is 13.0. The molecule has 0 radical (unpaired) electrons. The number of nitrogens with zero attached hydrogens (tertiary/aromatic N) is 2. The van der Waals surface area contributed by atoms with E-state index in [0.717, 1.165) is 16.8 Å². The number of hydrogen-bond donors (Lipinski definition) is 4. The molecule has 4 N–H and O–H groups in total. The van der Waals surface area contributed by atoms with Crippen molar-refractivity contribution >= 4 is 24.6 Å². The van der Waals surface area contributed by atoms with Crippen LogP contribution in [0.25, 0.3) is 11.3 Å². The van der Waals surface area contributed by atoms with Gasteiger partial charge in [0.15, 0.2) is 0 Å². The van der Waals surface area contributed by atoms with Crippen LogP contribution in [-0.4, -0.2) is 57.8 Å². The molecule has 10 heteroatoms. The average Bonchev–Trinajstić information content (AvgIpc) is 3.36. The second-order valence-electron chi connectivity index (χ2n) is 10.2. The summed E-state index contributed by atoms with van der Waals surface area (Å²) < 4.78 is 0. The zero-order valence-corrected chi connectivity index (χ0v) is 22.1. The Hall–Kier alpha value is -4.02. The van der Waals surface area contributed by atoms with E-state index < -0.39 is 24.6 Å². The van der Waals surface area contributed by atoms with Crippen molar-refractivity contribution in [3.63, 3.8) is 0 Å². The van der Waals surface area contributed by atoms with Crippen LogP contribution < -0.4 is 10.6 Å². The summed E-state index contributed by atoms with van der Waals surface area (Å²) in [7, 11) is -1.71. The average molecular weight is 528 g/mol. The van der Waals surface area contributed by atoms with Crippen molar-refractivity contribution in [2.45, 2.75) is 44.7 Å². The van der Waals surface area contributed by atoms with E-state index in [1.54, 1.807) is 24.4 Å². The second-order valence-corrected chi connectivity index (χ2v) is 10.2. The minimum absolute atomic E-state index is 0.0918. The quantitative estimate of drug-likeness (QED) is 0.283. The molecule has 1 aromatic heterocycles. The van der Waals surface area contributed by atoms with Gasteiger partial charge in [0, 0.05) is 30.2 Å². The number of benzene rings is 2. The first-order valence-electron chi connectivity index (χ1n) is 13.0. The highest BCUT2D eigenvalue weighted by Gasteiger charge is 2.48. The number of pyridine rings is 1. The van der Waals surface area contributed by atoms with Gasteiger partial charge in [-0.2, -0.15) is 0 Å². The SMILES string of the molecule is CC(C)CC(NC(=O)C1(Cc2ccccc2)CC(CNC(=O)c2cccc(-c3ccccn3)c2)=NO1)B(O)O. The predicted molar refractivity (Wildman–Crippen MR) is 150 cm³/mol. The van der Waals surface area contributed by atoms with Crippen LogP contribution in [-0.2, 0) is 16.1 Å². The third kappa shape index (κ3) is 7.31. The molecule has 9 nitrogen and oxygen atoms in total. The van der Waals surface area contributed by atoms with Crippen molar-refractivity contribution < 1.29 is 24.5 Å². The fourth-order valence-corrected chi connectivity index (χ4v) is 4.56. The molecule has 0 fully saturated rings. The third-order valence-electron chi connectivity index (χ3n) is 6.53. The van der Waals surface area contributed by atoms with Crippen LogP contribution in [0.5, 0.6) is 0 Å². The summed E-state index contributed by atoms with van der Waals surface area (Å²) in [6.45, 7) is 3.96. The van der Waals surface area contributed by atoms with E-state index in [-0.39, 0.29) is 31.2 Å². The molecular formula is C29H33BN4O5. The molecule has 0 spiro atoms. The molecule has 3 aromatic rings. The smallest absolute Gasteiger partial charge is 0.426 e. The first-order chi connectivity index (χ1) is 18.8. The number of aromatic nitrogens is 1. The summed E-state index contributed by atoms with van der Waals surface area (Å²) in [6.07, 6.45) is 2.44. The zero-order valence-electron chi connectivity index (χ0n) is 22.1. The molecule has 2 heterocycles. The van der Waals surface area contributed by atoms with Gasteiger partial charge in [0.05, 0.1) is 23.9 Å². The maximum Gasteiger partial charge on any atom is 0.475 e. The van der Waals surface area contributed by atoms with Crippen LogP contribution >= 0.6 is 0 Å². The van der Waals surface area contributed by atoms with Crippen molar-refractivity contribution in [2.75, 3.05) is 6.54 Å². The fraction of sp³-hybridized carbons (Fsp3) is 0.310. The van der Waals surface area contributed by atoms with Crippen molar-refractivity contribution in [3.8, 4) is 11.3 Å². The highest BCUT2D eigenvalue weighted by atomic mass is 16.7. The molecule has 2 amide bonds. The molecule has 2 aromatic carbocycles. The van der Waals surface area contributed by atoms with Gasteiger partial charge in [0.25, 0.3) is 11.8 Å². The van der Waals surface area contributed by atoms with Gasteiger partial charge in [0.1, 0.15) is 0 Å². The Morgan fingerprint density at radius 3 is 2.51 bits per heavy atom. The van der Waals surface area contributed by atoms with Crippen molar-refractivity contribution in [3.05, 3.63) is 90.1 Å². The Balaban J connectivity index is 1.45. The lowest BCUT2D eigenvalue weighted by atomic mass is 9.74. The third-order valence-corrected chi connectivity index (χ3v) is 6.53. The molecule has 0 saturated heterocycles. The van der Waals surface area contributed by atoms with Crippen molar-refractivity contribution in [2.24, 2.45) is 11.1 Å². The van der Waals surface area contributed by atoms with Crippen molar-refractivity contribution in [1.82, 2.24) is 15.6 Å². The highest BCUT2D eigenvalue weighted by molar-refractivity contribution is 6.43. The Morgan fingerprint density at radius 1 is 1.05 bits per heavy atom. The lowest BCUT2D eigenvalue weighted by molar-refractivity contribution is -0.144. The molecule has 39 heavy (non-hydrogen) atoms. The van der Waals surface area contributed by atoms with Gasteiger partial charge < -0.3 is 25.5 Å². The molecule has 1 aliphatic rings. The topological polar surface area (TPSA) is 133 Å². The number of amides is 2. The van der Waals surface area contributed by atoms with E-state index in [0.29, 0.717) is 17.7 Å². The van der Waals surface area contributed by atoms with Gasteiger partial charge in [-0.1, -0.05) is 67.5 Å². The zero-order chi connectivity index (χ0) is 27.8. The molecule has 0 bridgehead atoms. The molecule has 1 aliphatic heterocycles. The number of nitrogens with one attached hydrogen (secondary N) is 2. The maximum atomic E-state index is 13.5. The maximum absolute atomic E-state index is 13.5. The van der Waals surface area contributed by atoms with Gasteiger partial charge in [0.2, 0.25) is 5.60 Å². The number of rotatable bonds is 11. The Labute approximate surface area is 228 Å². The number of carbonyl (C=O) groups is 2. The largest absolute Gasteiger partial charge is 0.475 e. The molecule has 4 rings (SSSR count). The Kier molecular flexibility index (Phi) is 9.11. The number of carbonyl (C=O) groups excluding carboxylic acids is 2. The van der Waals surface area contributed by atoms with E-state index >= 15 is 0 Å². The van der Waals surface area contributed by atoms with E-state index in [1.165, 1.54) is 0 Å². The highest BCUT2D eigenvalue weighted by Crippen LogP contribution is 2.29. The number of oxime groups is 1. The summed E-state index contributed by atoms with van der Waals surface area (Å²) in [6, 6.07) is 22.2. The van der Waals surface area contributed by atoms with Crippen LogP contribution in [0, 0.1) is 5.92 Å². The summed E-state index contributed by atoms with van der Waals surface area (Å²) in [5.74, 6) is -1.51. The standard InChI is InChI=1S/C29H33BN4O5/c1-20(2)15-26(30(37)38)33-28(36)29(17-21-9-4-3-5-10-21)18-24(34-39-29)19-32-27(35)23-12-8-11-22(16-23)25-13-6-7-14-31-25/h3-14,16,20,26,37-38H,15,17-19H2,1-2H3,(H,32,35)(H,33,36). The minimum atomic E-state index is -1.71. The van der Waals surface area contributed by atoms with Crippen LogP contribution in [0.15, 0.2) is 84.1 Å². The summed E-state index contributed by atoms with van der Waals surface area (Å²) in [5, 5.41) is 29.5. The molecule has 0 aliphatic carbocycles. The van der Waals surface area contributed by atoms with Crippen molar-refractivity contribution in [1.29, 1.82) is 0 Å². The normalized spacial score (nSPS) is 17.2. The van der Waals surface area contributed by atoms with Crippen LogP contribution in [0.1, 0.15) is 42.6 Å². The summed E-state index contributed by atoms with van der Waals surface area (Å²) in [4.78, 5) is 36.6. The van der Waals surface area contributed by atoms with Gasteiger partial charge in [-0.25, -0.2) is 0 Å². The monoisotopic (exact) mass is 528 g/mol. The van der Waals surface area contributed by atoms with Gasteiger partial charge >= 0.3 is 7.12 Å². The summed E-state index contributed by atoms with van der Waals surface area (Å²) in [5.41, 5.74) is 2.04. The Morgan fingerprint density at radius 2 is 1.82 bits per heavy atom. The van der Waals surface area contributed by atoms with E-state index in [1.807, 2.05) is 68.4 Å². The predicted octanol–water partition coefficient (Wildman–Crippen LogP) is 2.78. The lowest BCUT2D eigenvalue weighted by Crippen LogP contribution is -2.56.